The van der Waals surface area contributed by atoms with Gasteiger partial charge in [-0.1, -0.05) is 0 Å². The Labute approximate surface area is 96.5 Å². The Morgan fingerprint density at radius 2 is 2.19 bits per heavy atom. The van der Waals surface area contributed by atoms with Gasteiger partial charge in [-0.2, -0.15) is 10.4 Å². The molecule has 1 aliphatic rings. The van der Waals surface area contributed by atoms with Crippen molar-refractivity contribution in [3.63, 3.8) is 0 Å². The summed E-state index contributed by atoms with van der Waals surface area (Å²) in [5.41, 5.74) is 1.52. The zero-order valence-corrected chi connectivity index (χ0v) is 10.4. The molecule has 1 atom stereocenters. The van der Waals surface area contributed by atoms with E-state index in [1.165, 1.54) is 12.8 Å². The van der Waals surface area contributed by atoms with Crippen LogP contribution in [0.25, 0.3) is 0 Å². The van der Waals surface area contributed by atoms with Gasteiger partial charge < -0.3 is 4.90 Å². The van der Waals surface area contributed by atoms with Gasteiger partial charge in [0, 0.05) is 20.1 Å². The van der Waals surface area contributed by atoms with Crippen molar-refractivity contribution in [3.8, 4) is 6.07 Å². The molecule has 4 nitrogen and oxygen atoms in total. The minimum Gasteiger partial charge on any atom is -0.356 e. The predicted octanol–water partition coefficient (Wildman–Crippen LogP) is 1.83. The fraction of sp³-hybridized carbons (Fsp3) is 0.667. The standard InChI is InChI=1S/C12H18N4/c1-8-11(7-13)12(16(4)14-8)15(3)9(2)10-5-6-10/h9-10H,5-6H2,1-4H3. The number of nitrogens with zero attached hydrogens (tertiary/aromatic N) is 4. The molecule has 0 aromatic carbocycles. The second kappa shape index (κ2) is 3.82. The summed E-state index contributed by atoms with van der Waals surface area (Å²) in [5, 5.41) is 13.5. The summed E-state index contributed by atoms with van der Waals surface area (Å²) in [6.07, 6.45) is 2.62. The second-order valence-corrected chi connectivity index (χ2v) is 4.71. The van der Waals surface area contributed by atoms with Crippen LogP contribution in [0.3, 0.4) is 0 Å². The zero-order valence-electron chi connectivity index (χ0n) is 10.4. The van der Waals surface area contributed by atoms with Crippen molar-refractivity contribution >= 4 is 5.82 Å². The average Bonchev–Trinajstić information content (AvgIpc) is 3.03. The molecule has 1 unspecified atom stereocenters. The summed E-state index contributed by atoms with van der Waals surface area (Å²) in [7, 11) is 3.96. The van der Waals surface area contributed by atoms with Crippen molar-refractivity contribution in [1.29, 1.82) is 5.26 Å². The Morgan fingerprint density at radius 1 is 1.56 bits per heavy atom. The molecule has 0 bridgehead atoms. The lowest BCUT2D eigenvalue weighted by Crippen LogP contribution is -2.32. The maximum atomic E-state index is 9.17. The molecule has 16 heavy (non-hydrogen) atoms. The third-order valence-corrected chi connectivity index (χ3v) is 3.55. The molecule has 1 aromatic heterocycles. The Morgan fingerprint density at radius 3 is 2.69 bits per heavy atom. The van der Waals surface area contributed by atoms with Crippen LogP contribution in [0.5, 0.6) is 0 Å². The molecule has 2 rings (SSSR count). The van der Waals surface area contributed by atoms with Crippen LogP contribution in [0.1, 0.15) is 31.0 Å². The lowest BCUT2D eigenvalue weighted by atomic mass is 10.1. The van der Waals surface area contributed by atoms with Crippen molar-refractivity contribution in [3.05, 3.63) is 11.3 Å². The van der Waals surface area contributed by atoms with Crippen LogP contribution in [0, 0.1) is 24.2 Å². The summed E-state index contributed by atoms with van der Waals surface area (Å²) in [5.74, 6) is 1.73. The molecule has 1 fully saturated rings. The number of anilines is 1. The Bertz CT molecular complexity index is 437. The number of hydrogen-bond acceptors (Lipinski definition) is 3. The van der Waals surface area contributed by atoms with Crippen LogP contribution in [0.2, 0.25) is 0 Å². The number of aryl methyl sites for hydroxylation is 2. The zero-order chi connectivity index (χ0) is 11.9. The third kappa shape index (κ3) is 1.67. The van der Waals surface area contributed by atoms with Gasteiger partial charge in [0.25, 0.3) is 0 Å². The summed E-state index contributed by atoms with van der Waals surface area (Å²) >= 11 is 0. The number of aromatic nitrogens is 2. The van der Waals surface area contributed by atoms with E-state index in [-0.39, 0.29) is 0 Å². The Hall–Kier alpha value is -1.50. The van der Waals surface area contributed by atoms with Gasteiger partial charge in [-0.25, -0.2) is 0 Å². The number of rotatable bonds is 3. The molecular formula is C12H18N4. The van der Waals surface area contributed by atoms with Crippen LogP contribution >= 0.6 is 0 Å². The molecule has 0 aliphatic heterocycles. The molecule has 0 radical (unpaired) electrons. The normalized spacial score (nSPS) is 16.9. The van der Waals surface area contributed by atoms with Gasteiger partial charge in [0.2, 0.25) is 0 Å². The SMILES string of the molecule is Cc1nn(C)c(N(C)C(C)C2CC2)c1C#N. The summed E-state index contributed by atoms with van der Waals surface area (Å²) in [4.78, 5) is 2.19. The third-order valence-electron chi connectivity index (χ3n) is 3.55. The molecule has 1 saturated carbocycles. The van der Waals surface area contributed by atoms with Crippen molar-refractivity contribution in [2.45, 2.75) is 32.7 Å². The van der Waals surface area contributed by atoms with E-state index in [0.717, 1.165) is 17.4 Å². The van der Waals surface area contributed by atoms with E-state index < -0.39 is 0 Å². The molecule has 1 aliphatic carbocycles. The maximum absolute atomic E-state index is 9.17. The fourth-order valence-electron chi connectivity index (χ4n) is 2.27. The average molecular weight is 218 g/mol. The van der Waals surface area contributed by atoms with E-state index >= 15 is 0 Å². The van der Waals surface area contributed by atoms with Crippen LogP contribution in [-0.4, -0.2) is 22.9 Å². The molecule has 0 amide bonds. The highest BCUT2D eigenvalue weighted by molar-refractivity contribution is 5.57. The van der Waals surface area contributed by atoms with E-state index in [1.807, 2.05) is 18.7 Å². The van der Waals surface area contributed by atoms with Gasteiger partial charge in [-0.15, -0.1) is 0 Å². The first kappa shape index (κ1) is 11.0. The summed E-state index contributed by atoms with van der Waals surface area (Å²) in [6, 6.07) is 2.74. The predicted molar refractivity (Wildman–Crippen MR) is 63.2 cm³/mol. The molecule has 0 spiro atoms. The largest absolute Gasteiger partial charge is 0.356 e. The van der Waals surface area contributed by atoms with E-state index in [1.54, 1.807) is 0 Å². The van der Waals surface area contributed by atoms with E-state index in [0.29, 0.717) is 11.6 Å². The molecule has 4 heteroatoms. The number of hydrogen-bond donors (Lipinski definition) is 0. The van der Waals surface area contributed by atoms with Gasteiger partial charge in [0.15, 0.2) is 0 Å². The fourth-order valence-corrected chi connectivity index (χ4v) is 2.27. The van der Waals surface area contributed by atoms with Gasteiger partial charge in [0.05, 0.1) is 5.69 Å². The molecule has 1 heterocycles. The smallest absolute Gasteiger partial charge is 0.144 e. The number of nitriles is 1. The minimum absolute atomic E-state index is 0.488. The highest BCUT2D eigenvalue weighted by atomic mass is 15.4. The van der Waals surface area contributed by atoms with Crippen molar-refractivity contribution in [2.24, 2.45) is 13.0 Å². The highest BCUT2D eigenvalue weighted by Gasteiger charge is 2.32. The van der Waals surface area contributed by atoms with Gasteiger partial charge >= 0.3 is 0 Å². The van der Waals surface area contributed by atoms with Gasteiger partial charge in [-0.05, 0) is 32.6 Å². The summed E-state index contributed by atoms with van der Waals surface area (Å²) in [6.45, 7) is 4.11. The lowest BCUT2D eigenvalue weighted by molar-refractivity contribution is 0.587. The van der Waals surface area contributed by atoms with Crippen LogP contribution in [-0.2, 0) is 7.05 Å². The molecule has 86 valence electrons. The Balaban J connectivity index is 2.35. The van der Waals surface area contributed by atoms with Crippen LogP contribution in [0.15, 0.2) is 0 Å². The van der Waals surface area contributed by atoms with E-state index in [9.17, 15) is 0 Å². The molecule has 1 aromatic rings. The lowest BCUT2D eigenvalue weighted by Gasteiger charge is -2.26. The van der Waals surface area contributed by atoms with Gasteiger partial charge in [0.1, 0.15) is 17.5 Å². The highest BCUT2D eigenvalue weighted by Crippen LogP contribution is 2.37. The molecule has 0 N–H and O–H groups in total. The van der Waals surface area contributed by atoms with Crippen molar-refractivity contribution < 1.29 is 0 Å². The quantitative estimate of drug-likeness (QED) is 0.777. The second-order valence-electron chi connectivity index (χ2n) is 4.71. The van der Waals surface area contributed by atoms with Crippen molar-refractivity contribution in [1.82, 2.24) is 9.78 Å². The first-order chi connectivity index (χ1) is 7.56. The maximum Gasteiger partial charge on any atom is 0.144 e. The molecule has 0 saturated heterocycles. The van der Waals surface area contributed by atoms with Crippen LogP contribution < -0.4 is 4.90 Å². The van der Waals surface area contributed by atoms with E-state index in [4.69, 9.17) is 5.26 Å². The topological polar surface area (TPSA) is 44.9 Å². The molecular weight excluding hydrogens is 200 g/mol. The monoisotopic (exact) mass is 218 g/mol. The van der Waals surface area contributed by atoms with Crippen LogP contribution in [0.4, 0.5) is 5.82 Å². The van der Waals surface area contributed by atoms with Gasteiger partial charge in [-0.3, -0.25) is 4.68 Å². The Kier molecular flexibility index (Phi) is 2.63. The first-order valence-electron chi connectivity index (χ1n) is 5.72. The van der Waals surface area contributed by atoms with E-state index in [2.05, 4.69) is 30.0 Å². The minimum atomic E-state index is 0.488. The summed E-state index contributed by atoms with van der Waals surface area (Å²) < 4.78 is 1.81. The first-order valence-corrected chi connectivity index (χ1v) is 5.72. The van der Waals surface area contributed by atoms with Crippen molar-refractivity contribution in [2.75, 3.05) is 11.9 Å².